The van der Waals surface area contributed by atoms with Gasteiger partial charge in [0.2, 0.25) is 11.9 Å². The minimum atomic E-state index is -1.52. The number of aliphatic imine (C=N–C) groups is 1. The molecule has 0 aromatic heterocycles. The average molecular weight is 627 g/mol. The number of carbonyl (C=O) groups excluding carboxylic acids is 3. The van der Waals surface area contributed by atoms with Gasteiger partial charge in [-0.05, 0) is 63.4 Å². The maximum Gasteiger partial charge on any atom is 0.442 e. The molecule has 1 heterocycles. The Bertz CT molecular complexity index is 1510. The van der Waals surface area contributed by atoms with E-state index in [4.69, 9.17) is 9.47 Å². The zero-order chi connectivity index (χ0) is 32.5. The highest BCUT2D eigenvalue weighted by Gasteiger charge is 2.62. The summed E-state index contributed by atoms with van der Waals surface area (Å²) in [6.07, 6.45) is 3.81. The van der Waals surface area contributed by atoms with Crippen LogP contribution in [0.3, 0.4) is 0 Å². The van der Waals surface area contributed by atoms with Crippen LogP contribution in [-0.2, 0) is 4.79 Å². The standard InChI is InChI=1S/C35H42N4O5Si/c1-34(2,3)39-29(23-22-26-16-9-6-10-17-26)35(30(39)40,45(4)5)24-15-25-36-31(37-32(41)43-27-18-11-7-12-19-27)38-33(42)44-28-20-13-8-14-21-28/h6-14,16-23,29,45H,15,24-25H2,1-5H3,(H2,36,37,38,41,42). The number of ether oxygens (including phenoxy) is 2. The zero-order valence-electron chi connectivity index (χ0n) is 26.5. The molecule has 3 aromatic rings. The van der Waals surface area contributed by atoms with Crippen molar-refractivity contribution in [3.05, 3.63) is 103 Å². The normalized spacial score (nSPS) is 18.4. The molecule has 1 saturated heterocycles. The number of rotatable bonds is 9. The van der Waals surface area contributed by atoms with Gasteiger partial charge in [0, 0.05) is 12.1 Å². The van der Waals surface area contributed by atoms with Crippen LogP contribution in [0.5, 0.6) is 11.5 Å². The molecule has 10 heteroatoms. The Morgan fingerprint density at radius 2 is 1.47 bits per heavy atom. The lowest BCUT2D eigenvalue weighted by Gasteiger charge is -2.62. The maximum absolute atomic E-state index is 13.9. The number of β-lactam (4-membered cyclic amide) rings is 1. The molecule has 236 valence electrons. The molecule has 9 nitrogen and oxygen atoms in total. The number of hydrogen-bond acceptors (Lipinski definition) is 5. The highest BCUT2D eigenvalue weighted by molar-refractivity contribution is 6.65. The van der Waals surface area contributed by atoms with Gasteiger partial charge in [-0.3, -0.25) is 10.1 Å². The molecule has 1 aliphatic heterocycles. The summed E-state index contributed by atoms with van der Waals surface area (Å²) < 4.78 is 10.6. The molecule has 4 rings (SSSR count). The van der Waals surface area contributed by atoms with Gasteiger partial charge in [-0.15, -0.1) is 4.99 Å². The lowest BCUT2D eigenvalue weighted by atomic mass is 9.78. The van der Waals surface area contributed by atoms with Gasteiger partial charge in [0.1, 0.15) is 11.5 Å². The van der Waals surface area contributed by atoms with E-state index in [0.29, 0.717) is 30.9 Å². The first-order chi connectivity index (χ1) is 21.5. The molecule has 0 aliphatic carbocycles. The second-order valence-electron chi connectivity index (χ2n) is 12.3. The van der Waals surface area contributed by atoms with Gasteiger partial charge in [0.15, 0.2) is 0 Å². The predicted octanol–water partition coefficient (Wildman–Crippen LogP) is 6.65. The molecule has 2 unspecified atom stereocenters. The molecule has 2 N–H and O–H groups in total. The topological polar surface area (TPSA) is 109 Å². The molecule has 0 spiro atoms. The largest absolute Gasteiger partial charge is 0.442 e. The molecule has 0 bridgehead atoms. The number of amides is 3. The third-order valence-corrected chi connectivity index (χ3v) is 10.8. The highest BCUT2D eigenvalue weighted by atomic mass is 28.3. The van der Waals surface area contributed by atoms with Gasteiger partial charge in [-0.2, -0.15) is 0 Å². The van der Waals surface area contributed by atoms with Gasteiger partial charge >= 0.3 is 12.2 Å². The lowest BCUT2D eigenvalue weighted by Crippen LogP contribution is -2.72. The van der Waals surface area contributed by atoms with E-state index in [0.717, 1.165) is 5.56 Å². The van der Waals surface area contributed by atoms with Crippen LogP contribution in [-0.4, -0.2) is 55.9 Å². The monoisotopic (exact) mass is 626 g/mol. The van der Waals surface area contributed by atoms with Crippen molar-refractivity contribution in [2.45, 2.75) is 63.3 Å². The molecule has 45 heavy (non-hydrogen) atoms. The van der Waals surface area contributed by atoms with E-state index in [-0.39, 0.29) is 23.4 Å². The Morgan fingerprint density at radius 3 is 2.02 bits per heavy atom. The fourth-order valence-electron chi connectivity index (χ4n) is 5.64. The summed E-state index contributed by atoms with van der Waals surface area (Å²) in [5.41, 5.74) is 0.763. The third-order valence-electron chi connectivity index (χ3n) is 7.83. The molecule has 1 aliphatic rings. The SMILES string of the molecule is C[SiH](C)C1(CCCNC(=NC(=O)Oc2ccccc2)NC(=O)Oc2ccccc2)C(=O)N(C(C)(C)C)C1C=Cc1ccccc1. The van der Waals surface area contributed by atoms with E-state index in [1.165, 1.54) is 0 Å². The molecule has 3 aromatic carbocycles. The highest BCUT2D eigenvalue weighted by Crippen LogP contribution is 2.55. The van der Waals surface area contributed by atoms with Crippen molar-refractivity contribution in [2.24, 2.45) is 4.99 Å². The lowest BCUT2D eigenvalue weighted by molar-refractivity contribution is -0.160. The predicted molar refractivity (Wildman–Crippen MR) is 180 cm³/mol. The van der Waals surface area contributed by atoms with Crippen molar-refractivity contribution in [3.8, 4) is 11.5 Å². The Labute approximate surface area is 266 Å². The number of benzene rings is 3. The van der Waals surface area contributed by atoms with Crippen LogP contribution in [0.1, 0.15) is 39.2 Å². The van der Waals surface area contributed by atoms with E-state index in [1.54, 1.807) is 60.7 Å². The molecule has 0 radical (unpaired) electrons. The smallest absolute Gasteiger partial charge is 0.410 e. The first-order valence-corrected chi connectivity index (χ1v) is 18.1. The van der Waals surface area contributed by atoms with Crippen molar-refractivity contribution in [2.75, 3.05) is 6.54 Å². The summed E-state index contributed by atoms with van der Waals surface area (Å²) in [4.78, 5) is 45.1. The van der Waals surface area contributed by atoms with Gasteiger partial charge in [-0.1, -0.05) is 92.0 Å². The summed E-state index contributed by atoms with van der Waals surface area (Å²) in [7, 11) is -1.52. The summed E-state index contributed by atoms with van der Waals surface area (Å²) in [5, 5.41) is 5.10. The second-order valence-corrected chi connectivity index (χ2v) is 15.6. The minimum Gasteiger partial charge on any atom is -0.410 e. The quantitative estimate of drug-likeness (QED) is 0.0905. The fourth-order valence-corrected chi connectivity index (χ4v) is 8.00. The van der Waals surface area contributed by atoms with Crippen molar-refractivity contribution < 1.29 is 23.9 Å². The summed E-state index contributed by atoms with van der Waals surface area (Å²) in [5.74, 6) is 0.739. The Morgan fingerprint density at radius 1 is 0.911 bits per heavy atom. The van der Waals surface area contributed by atoms with E-state index in [1.807, 2.05) is 23.1 Å². The minimum absolute atomic E-state index is 0.0372. The van der Waals surface area contributed by atoms with Gasteiger partial charge in [-0.25, -0.2) is 9.59 Å². The average Bonchev–Trinajstić information content (AvgIpc) is 2.99. The van der Waals surface area contributed by atoms with E-state index >= 15 is 0 Å². The van der Waals surface area contributed by atoms with Crippen LogP contribution in [0.15, 0.2) is 102 Å². The molecule has 1 fully saturated rings. The molecule has 2 atom stereocenters. The second kappa shape index (κ2) is 14.9. The zero-order valence-corrected chi connectivity index (χ0v) is 27.7. The van der Waals surface area contributed by atoms with Crippen molar-refractivity contribution in [1.82, 2.24) is 15.5 Å². The summed E-state index contributed by atoms with van der Waals surface area (Å²) in [6.45, 7) is 11.0. The number of carbonyl (C=O) groups is 3. The Kier molecular flexibility index (Phi) is 11.0. The van der Waals surface area contributed by atoms with Crippen molar-refractivity contribution >= 4 is 38.9 Å². The maximum atomic E-state index is 13.9. The number of hydrogen-bond donors (Lipinski definition) is 2. The van der Waals surface area contributed by atoms with Crippen LogP contribution in [0, 0.1) is 0 Å². The van der Waals surface area contributed by atoms with Crippen molar-refractivity contribution in [3.63, 3.8) is 0 Å². The number of likely N-dealkylation sites (tertiary alicyclic amines) is 1. The fraction of sp³-hybridized carbons (Fsp3) is 0.314. The molecule has 3 amide bonds. The number of nitrogens with zero attached hydrogens (tertiary/aromatic N) is 2. The van der Waals surface area contributed by atoms with Crippen molar-refractivity contribution in [1.29, 1.82) is 0 Å². The Hall–Kier alpha value is -4.70. The summed E-state index contributed by atoms with van der Waals surface area (Å²) >= 11 is 0. The number of guanidine groups is 1. The van der Waals surface area contributed by atoms with Crippen LogP contribution >= 0.6 is 0 Å². The summed E-state index contributed by atoms with van der Waals surface area (Å²) in [6, 6.07) is 27.2. The molecular weight excluding hydrogens is 584 g/mol. The van der Waals surface area contributed by atoms with E-state index in [2.05, 4.69) is 73.8 Å². The number of nitrogens with one attached hydrogen (secondary N) is 2. The van der Waals surface area contributed by atoms with Gasteiger partial charge < -0.3 is 19.7 Å². The van der Waals surface area contributed by atoms with Crippen LogP contribution in [0.2, 0.25) is 18.1 Å². The van der Waals surface area contributed by atoms with E-state index < -0.39 is 26.0 Å². The van der Waals surface area contributed by atoms with E-state index in [9.17, 15) is 14.4 Å². The molecular formula is C35H42N4O5Si. The molecule has 0 saturated carbocycles. The Balaban J connectivity index is 1.48. The number of para-hydroxylation sites is 2. The first-order valence-electron chi connectivity index (χ1n) is 15.2. The van der Waals surface area contributed by atoms with Crippen LogP contribution in [0.4, 0.5) is 9.59 Å². The van der Waals surface area contributed by atoms with Gasteiger partial charge in [0.25, 0.3) is 0 Å². The van der Waals surface area contributed by atoms with Crippen LogP contribution < -0.4 is 20.1 Å². The first kappa shape index (κ1) is 33.2. The van der Waals surface area contributed by atoms with Gasteiger partial charge in [0.05, 0.1) is 19.9 Å². The third kappa shape index (κ3) is 8.48. The van der Waals surface area contributed by atoms with Crippen LogP contribution in [0.25, 0.3) is 6.08 Å².